The van der Waals surface area contributed by atoms with Crippen molar-refractivity contribution in [3.05, 3.63) is 52.5 Å². The molecule has 1 aliphatic rings. The lowest BCUT2D eigenvalue weighted by molar-refractivity contribution is 0.414. The Morgan fingerprint density at radius 1 is 0.958 bits per heavy atom. The van der Waals surface area contributed by atoms with Gasteiger partial charge in [-0.25, -0.2) is 0 Å². The molecule has 24 heavy (non-hydrogen) atoms. The number of hydrogen-bond acceptors (Lipinski definition) is 3. The monoisotopic (exact) mass is 340 g/mol. The average Bonchev–Trinajstić information content (AvgIpc) is 2.91. The summed E-state index contributed by atoms with van der Waals surface area (Å²) in [6, 6.07) is 11.5. The number of phenols is 1. The van der Waals surface area contributed by atoms with Crippen molar-refractivity contribution in [1.82, 2.24) is 0 Å². The number of ether oxygens (including phenoxy) is 2. The van der Waals surface area contributed by atoms with Crippen LogP contribution in [-0.2, 0) is 0 Å². The lowest BCUT2D eigenvalue weighted by Gasteiger charge is -2.14. The minimum absolute atomic E-state index is 0.0400. The van der Waals surface area contributed by atoms with Gasteiger partial charge < -0.3 is 14.6 Å². The predicted octanol–water partition coefficient (Wildman–Crippen LogP) is 5.35. The topological polar surface area (TPSA) is 38.7 Å². The molecule has 0 heterocycles. The lowest BCUT2D eigenvalue weighted by atomic mass is 9.95. The van der Waals surface area contributed by atoms with Gasteiger partial charge in [-0.2, -0.15) is 0 Å². The van der Waals surface area contributed by atoms with E-state index in [4.69, 9.17) is 21.1 Å². The van der Waals surface area contributed by atoms with Gasteiger partial charge >= 0.3 is 0 Å². The van der Waals surface area contributed by atoms with Crippen molar-refractivity contribution in [1.29, 1.82) is 0 Å². The Labute approximate surface area is 145 Å². The van der Waals surface area contributed by atoms with Gasteiger partial charge in [0.25, 0.3) is 0 Å². The highest BCUT2D eigenvalue weighted by Crippen LogP contribution is 2.55. The molecule has 1 aliphatic carbocycles. The van der Waals surface area contributed by atoms with Crippen LogP contribution in [0.15, 0.2) is 36.4 Å². The van der Waals surface area contributed by atoms with Gasteiger partial charge in [-0.05, 0) is 41.5 Å². The number of aromatic hydroxyl groups is 1. The highest BCUT2D eigenvalue weighted by molar-refractivity contribution is 6.39. The average molecular weight is 341 g/mol. The third-order valence-electron chi connectivity index (χ3n) is 4.89. The Bertz CT molecular complexity index is 979. The Morgan fingerprint density at radius 3 is 2.33 bits per heavy atom. The first-order chi connectivity index (χ1) is 11.6. The van der Waals surface area contributed by atoms with Crippen molar-refractivity contribution in [3.8, 4) is 28.4 Å². The Kier molecular flexibility index (Phi) is 3.36. The molecule has 0 bridgehead atoms. The van der Waals surface area contributed by atoms with Crippen LogP contribution in [0.4, 0.5) is 0 Å². The molecule has 0 saturated heterocycles. The number of rotatable bonds is 2. The summed E-state index contributed by atoms with van der Waals surface area (Å²) in [6.45, 7) is 2.08. The van der Waals surface area contributed by atoms with E-state index in [1.807, 2.05) is 36.4 Å². The van der Waals surface area contributed by atoms with Gasteiger partial charge in [0.2, 0.25) is 0 Å². The number of fused-ring (bicyclic) bond motifs is 4. The maximum atomic E-state index is 10.9. The Balaban J connectivity index is 2.08. The van der Waals surface area contributed by atoms with Gasteiger partial charge in [0.15, 0.2) is 0 Å². The van der Waals surface area contributed by atoms with Crippen LogP contribution in [0.5, 0.6) is 17.2 Å². The van der Waals surface area contributed by atoms with Gasteiger partial charge in [0.1, 0.15) is 17.2 Å². The van der Waals surface area contributed by atoms with E-state index < -0.39 is 0 Å². The molecule has 3 nitrogen and oxygen atoms in total. The molecule has 0 aromatic heterocycles. The zero-order valence-corrected chi connectivity index (χ0v) is 14.4. The second-order valence-corrected chi connectivity index (χ2v) is 6.42. The van der Waals surface area contributed by atoms with Crippen molar-refractivity contribution in [3.63, 3.8) is 0 Å². The van der Waals surface area contributed by atoms with E-state index in [-0.39, 0.29) is 11.7 Å². The second-order valence-electron chi connectivity index (χ2n) is 6.04. The molecule has 4 heteroatoms. The minimum Gasteiger partial charge on any atom is -0.507 e. The van der Waals surface area contributed by atoms with E-state index in [9.17, 15) is 5.11 Å². The third kappa shape index (κ3) is 1.91. The van der Waals surface area contributed by atoms with Crippen molar-refractivity contribution in [2.45, 2.75) is 12.8 Å². The zero-order valence-electron chi connectivity index (χ0n) is 13.7. The quantitative estimate of drug-likeness (QED) is 0.683. The molecule has 0 saturated carbocycles. The second kappa shape index (κ2) is 5.32. The van der Waals surface area contributed by atoms with Crippen LogP contribution in [0, 0.1) is 0 Å². The van der Waals surface area contributed by atoms with Crippen LogP contribution < -0.4 is 9.47 Å². The van der Waals surface area contributed by atoms with Crippen LogP contribution in [0.1, 0.15) is 24.0 Å². The number of halogens is 1. The van der Waals surface area contributed by atoms with Gasteiger partial charge in [0.05, 0.1) is 19.2 Å². The highest BCUT2D eigenvalue weighted by Gasteiger charge is 2.32. The molecule has 1 unspecified atom stereocenters. The first-order valence-corrected chi connectivity index (χ1v) is 8.15. The molecule has 1 N–H and O–H groups in total. The van der Waals surface area contributed by atoms with E-state index in [0.29, 0.717) is 16.2 Å². The normalized spacial score (nSPS) is 15.2. The molecule has 0 aliphatic heterocycles. The molecule has 4 rings (SSSR count). The van der Waals surface area contributed by atoms with Crippen molar-refractivity contribution < 1.29 is 14.6 Å². The lowest BCUT2D eigenvalue weighted by Crippen LogP contribution is -1.93. The third-order valence-corrected chi connectivity index (χ3v) is 5.28. The largest absolute Gasteiger partial charge is 0.507 e. The van der Waals surface area contributed by atoms with E-state index in [1.165, 1.54) is 0 Å². The maximum Gasteiger partial charge on any atom is 0.128 e. The minimum atomic E-state index is 0.0400. The molecule has 0 amide bonds. The van der Waals surface area contributed by atoms with E-state index in [0.717, 1.165) is 33.4 Å². The fraction of sp³-hybridized carbons (Fsp3) is 0.200. The molecule has 1 atom stereocenters. The SMILES string of the molecule is COc1ccc2c(c1)C(C)c1c-2c(Cl)c2ccc(OC)cc2c1O. The number of phenolic OH excluding ortho intramolecular Hbond substituents is 1. The number of methoxy groups -OCH3 is 2. The summed E-state index contributed by atoms with van der Waals surface area (Å²) >= 11 is 6.74. The summed E-state index contributed by atoms with van der Waals surface area (Å²) in [5.74, 6) is 1.80. The summed E-state index contributed by atoms with van der Waals surface area (Å²) in [7, 11) is 3.26. The molecular formula is C20H17ClO3. The highest BCUT2D eigenvalue weighted by atomic mass is 35.5. The first kappa shape index (κ1) is 15.2. The molecule has 0 fully saturated rings. The van der Waals surface area contributed by atoms with Crippen LogP contribution in [0.25, 0.3) is 21.9 Å². The van der Waals surface area contributed by atoms with Gasteiger partial charge in [-0.15, -0.1) is 0 Å². The van der Waals surface area contributed by atoms with Crippen LogP contribution in [-0.4, -0.2) is 19.3 Å². The van der Waals surface area contributed by atoms with Gasteiger partial charge in [0, 0.05) is 27.8 Å². The molecule has 0 spiro atoms. The van der Waals surface area contributed by atoms with Gasteiger partial charge in [-0.3, -0.25) is 0 Å². The predicted molar refractivity (Wildman–Crippen MR) is 96.7 cm³/mol. The van der Waals surface area contributed by atoms with E-state index in [2.05, 4.69) is 6.92 Å². The van der Waals surface area contributed by atoms with Crippen LogP contribution >= 0.6 is 11.6 Å². The standard InChI is InChI=1S/C20H17ClO3/c1-10-15-8-11(23-2)4-6-13(15)18-17(10)20(22)16-9-12(24-3)5-7-14(16)19(18)21/h4-10,22H,1-3H3. The van der Waals surface area contributed by atoms with Crippen molar-refractivity contribution in [2.75, 3.05) is 14.2 Å². The summed E-state index contributed by atoms with van der Waals surface area (Å²) in [4.78, 5) is 0. The molecule has 3 aromatic rings. The fourth-order valence-corrected chi connectivity index (χ4v) is 4.02. The smallest absolute Gasteiger partial charge is 0.128 e. The maximum absolute atomic E-state index is 10.9. The molecule has 0 radical (unpaired) electrons. The van der Waals surface area contributed by atoms with Crippen LogP contribution in [0.3, 0.4) is 0 Å². The fourth-order valence-electron chi connectivity index (χ4n) is 3.65. The number of hydrogen-bond donors (Lipinski definition) is 1. The van der Waals surface area contributed by atoms with E-state index >= 15 is 0 Å². The summed E-state index contributed by atoms with van der Waals surface area (Å²) in [6.07, 6.45) is 0. The summed E-state index contributed by atoms with van der Waals surface area (Å²) in [5.41, 5.74) is 3.95. The zero-order chi connectivity index (χ0) is 17.0. The Hall–Kier alpha value is -2.39. The van der Waals surface area contributed by atoms with Gasteiger partial charge in [-0.1, -0.05) is 24.6 Å². The van der Waals surface area contributed by atoms with Crippen molar-refractivity contribution >= 4 is 22.4 Å². The van der Waals surface area contributed by atoms with Crippen LogP contribution in [0.2, 0.25) is 5.02 Å². The summed E-state index contributed by atoms with van der Waals surface area (Å²) in [5, 5.41) is 13.1. The first-order valence-electron chi connectivity index (χ1n) is 7.77. The summed E-state index contributed by atoms with van der Waals surface area (Å²) < 4.78 is 10.6. The van der Waals surface area contributed by atoms with Crippen molar-refractivity contribution in [2.24, 2.45) is 0 Å². The molecule has 122 valence electrons. The van der Waals surface area contributed by atoms with E-state index in [1.54, 1.807) is 14.2 Å². The number of benzene rings is 3. The molecular weight excluding hydrogens is 324 g/mol. The molecule has 3 aromatic carbocycles. The Morgan fingerprint density at radius 2 is 1.62 bits per heavy atom.